The number of para-hydroxylation sites is 1. The molecule has 1 amide bonds. The quantitative estimate of drug-likeness (QED) is 0.583. The van der Waals surface area contributed by atoms with Gasteiger partial charge in [0, 0.05) is 12.3 Å². The van der Waals surface area contributed by atoms with Gasteiger partial charge in [0.2, 0.25) is 5.91 Å². The van der Waals surface area contributed by atoms with E-state index in [-0.39, 0.29) is 29.6 Å². The maximum Gasteiger partial charge on any atom is 0.342 e. The lowest BCUT2D eigenvalue weighted by molar-refractivity contribution is -0.115. The van der Waals surface area contributed by atoms with Crippen molar-refractivity contribution in [1.29, 1.82) is 0 Å². The van der Waals surface area contributed by atoms with Gasteiger partial charge < -0.3 is 14.6 Å². The third kappa shape index (κ3) is 4.28. The molecular formula is C22H22N2O5S. The molecule has 8 heteroatoms. The minimum Gasteiger partial charge on any atom is -0.504 e. The number of benzene rings is 2. The van der Waals surface area contributed by atoms with Crippen LogP contribution >= 0.6 is 11.3 Å². The van der Waals surface area contributed by atoms with Crippen LogP contribution in [0.1, 0.15) is 34.1 Å². The van der Waals surface area contributed by atoms with Crippen molar-refractivity contribution in [2.75, 3.05) is 12.0 Å². The first-order valence-corrected chi connectivity index (χ1v) is 10.1. The lowest BCUT2D eigenvalue weighted by Gasteiger charge is -2.21. The van der Waals surface area contributed by atoms with E-state index in [1.807, 2.05) is 32.0 Å². The summed E-state index contributed by atoms with van der Waals surface area (Å²) in [5, 5.41) is 12.3. The van der Waals surface area contributed by atoms with E-state index in [4.69, 9.17) is 9.47 Å². The van der Waals surface area contributed by atoms with Crippen LogP contribution in [-0.4, -0.2) is 29.1 Å². The van der Waals surface area contributed by atoms with Crippen molar-refractivity contribution in [1.82, 2.24) is 4.98 Å². The molecule has 0 bridgehead atoms. The number of hydrogen-bond donors (Lipinski definition) is 1. The van der Waals surface area contributed by atoms with E-state index >= 15 is 0 Å². The van der Waals surface area contributed by atoms with Crippen LogP contribution < -0.4 is 9.64 Å². The van der Waals surface area contributed by atoms with Gasteiger partial charge in [-0.3, -0.25) is 9.69 Å². The molecule has 0 fully saturated rings. The number of aromatic hydroxyl groups is 1. The second-order valence-electron chi connectivity index (χ2n) is 6.63. The molecule has 0 saturated heterocycles. The summed E-state index contributed by atoms with van der Waals surface area (Å²) in [6.45, 7) is 5.33. The minimum absolute atomic E-state index is 0.00514. The molecule has 7 nitrogen and oxygen atoms in total. The Bertz CT molecular complexity index is 1090. The molecule has 0 unspecified atom stereocenters. The highest BCUT2D eigenvalue weighted by molar-refractivity contribution is 7.14. The second-order valence-corrected chi connectivity index (χ2v) is 7.46. The van der Waals surface area contributed by atoms with Gasteiger partial charge in [-0.15, -0.1) is 11.3 Å². The van der Waals surface area contributed by atoms with Gasteiger partial charge in [-0.25, -0.2) is 9.78 Å². The van der Waals surface area contributed by atoms with Crippen molar-refractivity contribution in [3.05, 3.63) is 64.2 Å². The summed E-state index contributed by atoms with van der Waals surface area (Å²) in [4.78, 5) is 30.7. The number of esters is 1. The number of thiazole rings is 1. The van der Waals surface area contributed by atoms with Crippen LogP contribution in [0.15, 0.2) is 41.8 Å². The fourth-order valence-corrected chi connectivity index (χ4v) is 3.78. The maximum absolute atomic E-state index is 12.3. The monoisotopic (exact) mass is 426 g/mol. The number of hydrogen-bond acceptors (Lipinski definition) is 7. The molecule has 1 heterocycles. The molecular weight excluding hydrogens is 404 g/mol. The molecule has 0 saturated carbocycles. The number of anilines is 2. The van der Waals surface area contributed by atoms with Crippen LogP contribution in [-0.2, 0) is 16.1 Å². The number of aromatic nitrogens is 1. The Morgan fingerprint density at radius 1 is 1.17 bits per heavy atom. The van der Waals surface area contributed by atoms with Crippen molar-refractivity contribution in [3.8, 4) is 11.5 Å². The third-order valence-electron chi connectivity index (χ3n) is 4.65. The van der Waals surface area contributed by atoms with E-state index in [1.54, 1.807) is 22.4 Å². The number of nitrogens with zero attached hydrogens (tertiary/aromatic N) is 2. The standard InChI is InChI=1S/C22H22N2O5S/c1-13-7-5-9-18(14(13)2)24(15(3)25)22-23-16(12-30-22)11-29-21(27)17-8-6-10-19(28-4)20(17)26/h5-10,12,26H,11H2,1-4H3. The van der Waals surface area contributed by atoms with Gasteiger partial charge in [0.25, 0.3) is 0 Å². The van der Waals surface area contributed by atoms with E-state index in [0.29, 0.717) is 10.8 Å². The first kappa shape index (κ1) is 21.3. The molecule has 1 N–H and O–H groups in total. The average Bonchev–Trinajstić information content (AvgIpc) is 3.18. The van der Waals surface area contributed by atoms with Gasteiger partial charge in [0.1, 0.15) is 12.2 Å². The molecule has 3 aromatic rings. The van der Waals surface area contributed by atoms with Crippen molar-refractivity contribution in [2.45, 2.75) is 27.4 Å². The topological polar surface area (TPSA) is 89.0 Å². The number of rotatable bonds is 6. The number of phenolic OH excluding ortho intramolecular Hbond substituents is 1. The fourth-order valence-electron chi connectivity index (χ4n) is 2.92. The number of methoxy groups -OCH3 is 1. The molecule has 0 atom stereocenters. The highest BCUT2D eigenvalue weighted by Gasteiger charge is 2.21. The van der Waals surface area contributed by atoms with E-state index in [1.165, 1.54) is 31.4 Å². The zero-order valence-corrected chi connectivity index (χ0v) is 17.9. The van der Waals surface area contributed by atoms with Gasteiger partial charge in [-0.1, -0.05) is 18.2 Å². The van der Waals surface area contributed by atoms with E-state index in [0.717, 1.165) is 16.8 Å². The van der Waals surface area contributed by atoms with Crippen molar-refractivity contribution in [3.63, 3.8) is 0 Å². The Balaban J connectivity index is 1.78. The zero-order chi connectivity index (χ0) is 21.8. The van der Waals surface area contributed by atoms with Crippen LogP contribution in [0.25, 0.3) is 0 Å². The molecule has 0 spiro atoms. The summed E-state index contributed by atoms with van der Waals surface area (Å²) in [7, 11) is 1.40. The Morgan fingerprint density at radius 2 is 1.90 bits per heavy atom. The Kier molecular flexibility index (Phi) is 6.37. The largest absolute Gasteiger partial charge is 0.504 e. The summed E-state index contributed by atoms with van der Waals surface area (Å²) in [6.07, 6.45) is 0. The first-order valence-electron chi connectivity index (χ1n) is 9.18. The predicted molar refractivity (Wildman–Crippen MR) is 115 cm³/mol. The summed E-state index contributed by atoms with van der Waals surface area (Å²) in [5.74, 6) is -0.950. The van der Waals surface area contributed by atoms with Gasteiger partial charge in [-0.2, -0.15) is 0 Å². The van der Waals surface area contributed by atoms with Gasteiger partial charge in [0.15, 0.2) is 16.6 Å². The Labute approximate surface area is 178 Å². The average molecular weight is 426 g/mol. The summed E-state index contributed by atoms with van der Waals surface area (Å²) in [6, 6.07) is 10.3. The van der Waals surface area contributed by atoms with Crippen LogP contribution in [0, 0.1) is 13.8 Å². The highest BCUT2D eigenvalue weighted by Crippen LogP contribution is 2.33. The van der Waals surface area contributed by atoms with E-state index < -0.39 is 5.97 Å². The second kappa shape index (κ2) is 8.96. The summed E-state index contributed by atoms with van der Waals surface area (Å²) < 4.78 is 10.3. The lowest BCUT2D eigenvalue weighted by atomic mass is 10.1. The molecule has 3 rings (SSSR count). The number of ether oxygens (including phenoxy) is 2. The van der Waals surface area contributed by atoms with Gasteiger partial charge in [-0.05, 0) is 43.2 Å². The maximum atomic E-state index is 12.3. The SMILES string of the molecule is COc1cccc(C(=O)OCc2csc(N(C(C)=O)c3cccc(C)c3C)n2)c1O. The molecule has 0 aliphatic rings. The van der Waals surface area contributed by atoms with Crippen LogP contribution in [0.2, 0.25) is 0 Å². The van der Waals surface area contributed by atoms with Crippen molar-refractivity contribution < 1.29 is 24.2 Å². The molecule has 1 aromatic heterocycles. The smallest absolute Gasteiger partial charge is 0.342 e. The van der Waals surface area contributed by atoms with Gasteiger partial charge >= 0.3 is 5.97 Å². The number of carbonyl (C=O) groups excluding carboxylic acids is 2. The van der Waals surface area contributed by atoms with Crippen LogP contribution in [0.4, 0.5) is 10.8 Å². The molecule has 30 heavy (non-hydrogen) atoms. The molecule has 156 valence electrons. The lowest BCUT2D eigenvalue weighted by Crippen LogP contribution is -2.23. The minimum atomic E-state index is -0.695. The first-order chi connectivity index (χ1) is 14.3. The van der Waals surface area contributed by atoms with Crippen molar-refractivity contribution >= 4 is 34.0 Å². The van der Waals surface area contributed by atoms with Crippen LogP contribution in [0.3, 0.4) is 0 Å². The number of amides is 1. The number of phenols is 1. The Hall–Kier alpha value is -3.39. The van der Waals surface area contributed by atoms with Crippen molar-refractivity contribution in [2.24, 2.45) is 0 Å². The van der Waals surface area contributed by atoms with E-state index in [2.05, 4.69) is 4.98 Å². The molecule has 0 aliphatic carbocycles. The Morgan fingerprint density at radius 3 is 2.60 bits per heavy atom. The number of carbonyl (C=O) groups is 2. The zero-order valence-electron chi connectivity index (χ0n) is 17.1. The third-order valence-corrected chi connectivity index (χ3v) is 5.53. The van der Waals surface area contributed by atoms with E-state index in [9.17, 15) is 14.7 Å². The molecule has 0 radical (unpaired) electrons. The van der Waals surface area contributed by atoms with Crippen LogP contribution in [0.5, 0.6) is 11.5 Å². The normalized spacial score (nSPS) is 10.5. The molecule has 2 aromatic carbocycles. The summed E-state index contributed by atoms with van der Waals surface area (Å²) in [5.41, 5.74) is 3.33. The highest BCUT2D eigenvalue weighted by atomic mass is 32.1. The van der Waals surface area contributed by atoms with Gasteiger partial charge in [0.05, 0.1) is 18.5 Å². The number of aryl methyl sites for hydroxylation is 1. The molecule has 0 aliphatic heterocycles. The fraction of sp³-hybridized carbons (Fsp3) is 0.227. The summed E-state index contributed by atoms with van der Waals surface area (Å²) >= 11 is 1.29. The predicted octanol–water partition coefficient (Wildman–Crippen LogP) is 4.52.